The molecule has 0 saturated heterocycles. The summed E-state index contributed by atoms with van der Waals surface area (Å²) in [5.74, 6) is 1.06. The number of imidazole rings is 1. The minimum absolute atomic E-state index is 0.0896. The van der Waals surface area contributed by atoms with Gasteiger partial charge < -0.3 is 15.2 Å². The van der Waals surface area contributed by atoms with Crippen LogP contribution >= 0.6 is 11.8 Å². The molecule has 0 radical (unpaired) electrons. The van der Waals surface area contributed by atoms with E-state index in [2.05, 4.69) is 11.6 Å². The molecule has 0 aliphatic carbocycles. The Morgan fingerprint density at radius 2 is 2.35 bits per heavy atom. The topological polar surface area (TPSA) is 81.2 Å². The Labute approximate surface area is 122 Å². The second kappa shape index (κ2) is 6.13. The van der Waals surface area contributed by atoms with Crippen molar-refractivity contribution in [2.45, 2.75) is 25.3 Å². The fourth-order valence-corrected chi connectivity index (χ4v) is 2.90. The highest BCUT2D eigenvalue weighted by atomic mass is 32.2. The zero-order valence-electron chi connectivity index (χ0n) is 11.4. The third-order valence-electron chi connectivity index (χ3n) is 3.24. The molecule has 0 aromatic carbocycles. The van der Waals surface area contributed by atoms with Gasteiger partial charge in [0, 0.05) is 18.8 Å². The van der Waals surface area contributed by atoms with Gasteiger partial charge in [-0.25, -0.2) is 4.98 Å². The number of carbonyl (C=O) groups is 2. The monoisotopic (exact) mass is 294 g/mol. The number of nitrogens with zero attached hydrogens (tertiary/aromatic N) is 3. The Kier molecular flexibility index (Phi) is 4.49. The van der Waals surface area contributed by atoms with Crippen molar-refractivity contribution in [3.63, 3.8) is 0 Å². The maximum absolute atomic E-state index is 12.3. The van der Waals surface area contributed by atoms with Crippen LogP contribution in [0, 0.1) is 0 Å². The predicted octanol–water partition coefficient (Wildman–Crippen LogP) is 0.632. The standard InChI is InChI=1S/C13H18N4O2S/c1-3-6-20-9(2)13(19)16-4-5-17-10(12(14)18)7-15-11(17)8-16/h3,7,9H,1,4-6,8H2,2H3,(H2,14,18). The summed E-state index contributed by atoms with van der Waals surface area (Å²) in [5.41, 5.74) is 5.69. The molecule has 1 aliphatic rings. The van der Waals surface area contributed by atoms with Crippen molar-refractivity contribution in [2.24, 2.45) is 5.73 Å². The number of hydrogen-bond donors (Lipinski definition) is 1. The van der Waals surface area contributed by atoms with Crippen LogP contribution in [0.1, 0.15) is 23.2 Å². The van der Waals surface area contributed by atoms with E-state index in [1.165, 1.54) is 6.20 Å². The van der Waals surface area contributed by atoms with Gasteiger partial charge in [0.25, 0.3) is 5.91 Å². The number of amides is 2. The molecule has 2 amide bonds. The molecule has 1 aromatic heterocycles. The van der Waals surface area contributed by atoms with E-state index in [1.54, 1.807) is 27.3 Å². The van der Waals surface area contributed by atoms with Crippen molar-refractivity contribution in [3.05, 3.63) is 30.4 Å². The molecule has 1 unspecified atom stereocenters. The summed E-state index contributed by atoms with van der Waals surface area (Å²) in [5, 5.41) is -0.106. The van der Waals surface area contributed by atoms with Crippen molar-refractivity contribution in [1.29, 1.82) is 0 Å². The lowest BCUT2D eigenvalue weighted by Crippen LogP contribution is -2.42. The van der Waals surface area contributed by atoms with E-state index in [0.717, 1.165) is 5.75 Å². The van der Waals surface area contributed by atoms with Gasteiger partial charge in [0.15, 0.2) is 0 Å². The van der Waals surface area contributed by atoms with Gasteiger partial charge in [-0.2, -0.15) is 0 Å². The first kappa shape index (κ1) is 14.6. The van der Waals surface area contributed by atoms with E-state index in [-0.39, 0.29) is 11.2 Å². The third-order valence-corrected chi connectivity index (χ3v) is 4.37. The molecule has 0 saturated carbocycles. The normalized spacial score (nSPS) is 15.6. The molecule has 0 bridgehead atoms. The van der Waals surface area contributed by atoms with Crippen molar-refractivity contribution in [1.82, 2.24) is 14.5 Å². The fraction of sp³-hybridized carbons (Fsp3) is 0.462. The van der Waals surface area contributed by atoms with Crippen LogP contribution in [0.15, 0.2) is 18.9 Å². The minimum atomic E-state index is -0.488. The van der Waals surface area contributed by atoms with Crippen LogP contribution in [0.2, 0.25) is 0 Å². The van der Waals surface area contributed by atoms with E-state index in [1.807, 2.05) is 6.92 Å². The maximum Gasteiger partial charge on any atom is 0.266 e. The number of aromatic nitrogens is 2. The van der Waals surface area contributed by atoms with Crippen molar-refractivity contribution in [3.8, 4) is 0 Å². The first-order valence-electron chi connectivity index (χ1n) is 6.40. The van der Waals surface area contributed by atoms with Gasteiger partial charge in [-0.15, -0.1) is 18.3 Å². The van der Waals surface area contributed by atoms with E-state index < -0.39 is 5.91 Å². The van der Waals surface area contributed by atoms with Gasteiger partial charge in [0.1, 0.15) is 11.5 Å². The van der Waals surface area contributed by atoms with Crippen LogP contribution < -0.4 is 5.73 Å². The van der Waals surface area contributed by atoms with Crippen molar-refractivity contribution >= 4 is 23.6 Å². The average Bonchev–Trinajstić information content (AvgIpc) is 2.86. The van der Waals surface area contributed by atoms with Crippen LogP contribution in [0.25, 0.3) is 0 Å². The highest BCUT2D eigenvalue weighted by molar-refractivity contribution is 8.00. The Balaban J connectivity index is 2.06. The molecule has 7 heteroatoms. The Hall–Kier alpha value is -1.76. The largest absolute Gasteiger partial charge is 0.364 e. The van der Waals surface area contributed by atoms with Crippen molar-refractivity contribution in [2.75, 3.05) is 12.3 Å². The number of hydrogen-bond acceptors (Lipinski definition) is 4. The van der Waals surface area contributed by atoms with Crippen LogP contribution in [-0.2, 0) is 17.9 Å². The van der Waals surface area contributed by atoms with E-state index in [9.17, 15) is 9.59 Å². The molecule has 2 heterocycles. The van der Waals surface area contributed by atoms with Gasteiger partial charge in [0.2, 0.25) is 5.91 Å². The van der Waals surface area contributed by atoms with Crippen LogP contribution in [0.4, 0.5) is 0 Å². The molecule has 20 heavy (non-hydrogen) atoms. The van der Waals surface area contributed by atoms with Crippen LogP contribution in [0.3, 0.4) is 0 Å². The Morgan fingerprint density at radius 3 is 3.00 bits per heavy atom. The summed E-state index contributed by atoms with van der Waals surface area (Å²) < 4.78 is 1.79. The SMILES string of the molecule is C=CCSC(C)C(=O)N1CCn2c(C(N)=O)cnc2C1. The van der Waals surface area contributed by atoms with Crippen LogP contribution in [0.5, 0.6) is 0 Å². The maximum atomic E-state index is 12.3. The van der Waals surface area contributed by atoms with Gasteiger partial charge in [-0.05, 0) is 6.92 Å². The fourth-order valence-electron chi connectivity index (χ4n) is 2.19. The summed E-state index contributed by atoms with van der Waals surface area (Å²) in [6.07, 6.45) is 3.26. The lowest BCUT2D eigenvalue weighted by atomic mass is 10.3. The molecular weight excluding hydrogens is 276 g/mol. The number of thioether (sulfide) groups is 1. The van der Waals surface area contributed by atoms with Crippen LogP contribution in [-0.4, -0.2) is 43.8 Å². The lowest BCUT2D eigenvalue weighted by molar-refractivity contribution is -0.131. The lowest BCUT2D eigenvalue weighted by Gasteiger charge is -2.30. The van der Waals surface area contributed by atoms with E-state index in [0.29, 0.717) is 31.2 Å². The Morgan fingerprint density at radius 1 is 1.60 bits per heavy atom. The number of fused-ring (bicyclic) bond motifs is 1. The third kappa shape index (κ3) is 2.87. The summed E-state index contributed by atoms with van der Waals surface area (Å²) in [7, 11) is 0. The minimum Gasteiger partial charge on any atom is -0.364 e. The molecule has 0 spiro atoms. The molecule has 6 nitrogen and oxygen atoms in total. The number of rotatable bonds is 5. The summed E-state index contributed by atoms with van der Waals surface area (Å²) in [6, 6.07) is 0. The quantitative estimate of drug-likeness (QED) is 0.808. The average molecular weight is 294 g/mol. The number of carbonyl (C=O) groups excluding carboxylic acids is 2. The second-order valence-electron chi connectivity index (χ2n) is 4.60. The predicted molar refractivity (Wildman–Crippen MR) is 78.3 cm³/mol. The highest BCUT2D eigenvalue weighted by Gasteiger charge is 2.27. The number of nitrogens with two attached hydrogens (primary N) is 1. The molecule has 0 fully saturated rings. The second-order valence-corrected chi connectivity index (χ2v) is 5.97. The van der Waals surface area contributed by atoms with E-state index >= 15 is 0 Å². The zero-order chi connectivity index (χ0) is 14.7. The van der Waals surface area contributed by atoms with Gasteiger partial charge >= 0.3 is 0 Å². The molecule has 2 N–H and O–H groups in total. The first-order valence-corrected chi connectivity index (χ1v) is 7.45. The van der Waals surface area contributed by atoms with Gasteiger partial charge in [-0.1, -0.05) is 6.08 Å². The van der Waals surface area contributed by atoms with Crippen molar-refractivity contribution < 1.29 is 9.59 Å². The molecule has 108 valence electrons. The van der Waals surface area contributed by atoms with E-state index in [4.69, 9.17) is 5.73 Å². The highest BCUT2D eigenvalue weighted by Crippen LogP contribution is 2.19. The zero-order valence-corrected chi connectivity index (χ0v) is 12.2. The van der Waals surface area contributed by atoms with Gasteiger partial charge in [-0.3, -0.25) is 9.59 Å². The summed E-state index contributed by atoms with van der Waals surface area (Å²) in [4.78, 5) is 29.5. The molecule has 1 atom stereocenters. The first-order chi connectivity index (χ1) is 9.54. The molecule has 2 rings (SSSR count). The molecule has 1 aliphatic heterocycles. The number of primary amides is 1. The summed E-state index contributed by atoms with van der Waals surface area (Å²) >= 11 is 1.56. The van der Waals surface area contributed by atoms with Gasteiger partial charge in [0.05, 0.1) is 18.0 Å². The Bertz CT molecular complexity index is 540. The molecule has 1 aromatic rings. The smallest absolute Gasteiger partial charge is 0.266 e. The molecular formula is C13H18N4O2S. The summed E-state index contributed by atoms with van der Waals surface area (Å²) in [6.45, 7) is 7.09.